The molecular formula is C51H53N3O16S. The van der Waals surface area contributed by atoms with Gasteiger partial charge in [-0.25, -0.2) is 4.99 Å². The van der Waals surface area contributed by atoms with Gasteiger partial charge in [0.1, 0.15) is 17.9 Å². The molecule has 3 spiro atoms. The molecule has 3 aromatic rings. The minimum atomic E-state index is -5.17. The summed E-state index contributed by atoms with van der Waals surface area (Å²) in [4.78, 5) is 44.2. The third kappa shape index (κ3) is 5.75. The van der Waals surface area contributed by atoms with E-state index in [1.807, 2.05) is 31.5 Å². The van der Waals surface area contributed by atoms with Crippen molar-refractivity contribution in [2.24, 2.45) is 0 Å². The number of Topliss-reactive ketones (excluding diaryl/α,β-unsaturated/α-hetero) is 1. The second-order valence-electron chi connectivity index (χ2n) is 21.4. The largest absolute Gasteiger partial charge is 0.759 e. The van der Waals surface area contributed by atoms with Crippen LogP contribution < -0.4 is 24.1 Å². The number of hydrogen-bond donors (Lipinski definition) is 8. The van der Waals surface area contributed by atoms with Crippen LogP contribution in [-0.4, -0.2) is 157 Å². The zero-order chi connectivity index (χ0) is 50.2. The van der Waals surface area contributed by atoms with E-state index in [0.717, 1.165) is 65.7 Å². The smallest absolute Gasteiger partial charge is 0.197 e. The summed E-state index contributed by atoms with van der Waals surface area (Å²) >= 11 is 0. The molecule has 12 aliphatic rings. The lowest BCUT2D eigenvalue weighted by Gasteiger charge is -2.61. The summed E-state index contributed by atoms with van der Waals surface area (Å²) in [6, 6.07) is 10.4. The Kier molecular flexibility index (Phi) is 9.76. The first-order chi connectivity index (χ1) is 33.6. The third-order valence-corrected chi connectivity index (χ3v) is 18.6. The Hall–Kier alpha value is -5.71. The van der Waals surface area contributed by atoms with E-state index in [1.165, 1.54) is 17.1 Å². The molecule has 8 N–H and O–H groups in total. The topological polar surface area (TPSA) is 302 Å². The van der Waals surface area contributed by atoms with Gasteiger partial charge in [0, 0.05) is 65.2 Å². The number of aliphatic hydroxyl groups is 3. The molecule has 3 aromatic carbocycles. The van der Waals surface area contributed by atoms with Gasteiger partial charge in [-0.2, -0.15) is 0 Å². The van der Waals surface area contributed by atoms with E-state index < -0.39 is 61.8 Å². The molecule has 0 aromatic heterocycles. The van der Waals surface area contributed by atoms with Crippen molar-refractivity contribution in [3.8, 4) is 34.5 Å². The number of phenolic OH excluding ortho intramolecular Hbond substituents is 3. The number of ketones is 3. The Morgan fingerprint density at radius 3 is 1.79 bits per heavy atom. The zero-order valence-electron chi connectivity index (χ0n) is 38.7. The molecule has 1 saturated carbocycles. The monoisotopic (exact) mass is 995 g/mol. The number of aromatic hydroxyl groups is 3. The molecule has 0 amide bonds. The lowest BCUT2D eigenvalue weighted by atomic mass is 9.49. The van der Waals surface area contributed by atoms with Gasteiger partial charge < -0.3 is 63.8 Å². The van der Waals surface area contributed by atoms with Gasteiger partial charge in [-0.3, -0.25) is 22.8 Å². The number of phenols is 3. The molecule has 13 atom stereocenters. The van der Waals surface area contributed by atoms with E-state index in [4.69, 9.17) is 31.7 Å². The van der Waals surface area contributed by atoms with Crippen LogP contribution in [0, 0.1) is 0 Å². The summed E-state index contributed by atoms with van der Waals surface area (Å²) in [6.45, 7) is 1.71. The fourth-order valence-corrected chi connectivity index (χ4v) is 15.7. The quantitative estimate of drug-likeness (QED) is 0.0864. The second-order valence-corrected chi connectivity index (χ2v) is 22.2. The lowest BCUT2D eigenvalue weighted by Crippen LogP contribution is -3.19. The van der Waals surface area contributed by atoms with Crippen molar-refractivity contribution in [2.45, 2.75) is 127 Å². The molecule has 1 unspecified atom stereocenters. The van der Waals surface area contributed by atoms with Crippen molar-refractivity contribution >= 4 is 34.0 Å². The van der Waals surface area contributed by atoms with Crippen molar-refractivity contribution in [2.75, 3.05) is 27.2 Å². The Morgan fingerprint density at radius 1 is 0.690 bits per heavy atom. The summed E-state index contributed by atoms with van der Waals surface area (Å²) in [7, 11) is -1.03. The van der Waals surface area contributed by atoms with Crippen LogP contribution in [0.15, 0.2) is 60.7 Å². The van der Waals surface area contributed by atoms with Crippen LogP contribution in [0.2, 0.25) is 0 Å². The standard InChI is InChI=1S/C17H19NO4.C17H17NO4.C17H15NO4.H2O4S/c2*1-18-7-6-16-13-9-2-3-10(19)14(13)22-15(16)11(20)4-5-17(16,21)12(18)8-9;19-10-3-2-9-8-12-17(21)6-4-11(20)15-16(17,5-1-7-18-12)13(9)14(10)22-15;1-5(2,3)4/h2-3,12,15,19,21H,4-8H2,1H3;2-5,12,15,19,21H,6-8H2,1H3;2-4,6-7,12,15,19,21H,1,5,8H2;(H2,1,2,3,4)/t3*12-,15+,16+,17-;/m111./s1. The molecule has 0 radical (unpaired) electrons. The first-order valence-corrected chi connectivity index (χ1v) is 25.4. The number of nitrogens with one attached hydrogen (secondary N) is 2. The van der Waals surface area contributed by atoms with Crippen molar-refractivity contribution in [3.63, 3.8) is 0 Å². The SMILES string of the molecule is CN1CC[C@]23c4c5ccc(O)c4O[C@H]2C(=O)CC[C@@]3(O)[C@H]1C5.C[NH+]1CC[C@]23c4c5ccc(O)c4O[C@H]2C(=O)C=C[C@@]3(O)[C@H]1C5.O=C1C=C[C@@]2(O)[C@H]3Cc4ccc(O)c5c4[C@@]2(CCC=[NH+]3)[C@H]1O5.O=S(=O)([O-])[O-]. The predicted octanol–water partition coefficient (Wildman–Crippen LogP) is -2.36. The lowest BCUT2D eigenvalue weighted by molar-refractivity contribution is -0.922. The number of nitrogens with zero attached hydrogens (tertiary/aromatic N) is 1. The molecule has 6 aliphatic carbocycles. The molecule has 71 heavy (non-hydrogen) atoms. The molecule has 15 rings (SSSR count). The number of quaternary nitrogens is 1. The highest BCUT2D eigenvalue weighted by molar-refractivity contribution is 7.79. The maximum atomic E-state index is 12.5. The van der Waals surface area contributed by atoms with Crippen LogP contribution in [0.25, 0.3) is 0 Å². The minimum absolute atomic E-state index is 0.000284. The number of likely N-dealkylation sites (N-methyl/N-ethyl adjacent to an activating group) is 2. The number of likely N-dealkylation sites (tertiary alicyclic amines) is 2. The number of carbonyl (C=O) groups is 3. The van der Waals surface area contributed by atoms with Crippen LogP contribution in [-0.2, 0) is 60.3 Å². The van der Waals surface area contributed by atoms with Gasteiger partial charge in [0.05, 0.1) is 35.4 Å². The molecule has 6 bridgehead atoms. The van der Waals surface area contributed by atoms with E-state index >= 15 is 0 Å². The fourth-order valence-electron chi connectivity index (χ4n) is 15.7. The molecule has 3 fully saturated rings. The Balaban J connectivity index is 0.000000104. The average Bonchev–Trinajstić information content (AvgIpc) is 3.98. The van der Waals surface area contributed by atoms with Crippen LogP contribution in [0.5, 0.6) is 34.5 Å². The predicted molar refractivity (Wildman–Crippen MR) is 243 cm³/mol. The fraction of sp³-hybridized carbons (Fsp3) is 0.490. The summed E-state index contributed by atoms with van der Waals surface area (Å²) in [5.41, 5.74) is 0.339. The van der Waals surface area contributed by atoms with Crippen LogP contribution in [0.1, 0.15) is 71.9 Å². The third-order valence-electron chi connectivity index (χ3n) is 18.6. The number of hydrogen-bond acceptors (Lipinski definition) is 17. The van der Waals surface area contributed by atoms with Crippen molar-refractivity contribution in [1.29, 1.82) is 0 Å². The average molecular weight is 996 g/mol. The van der Waals surface area contributed by atoms with Gasteiger partial charge in [0.15, 0.2) is 81.8 Å². The number of rotatable bonds is 0. The van der Waals surface area contributed by atoms with E-state index in [1.54, 1.807) is 30.4 Å². The van der Waals surface area contributed by atoms with E-state index in [9.17, 15) is 45.0 Å². The zero-order valence-corrected chi connectivity index (χ0v) is 39.5. The summed E-state index contributed by atoms with van der Waals surface area (Å²) < 4.78 is 51.8. The summed E-state index contributed by atoms with van der Waals surface area (Å²) in [5.74, 6) is 1.17. The van der Waals surface area contributed by atoms with Gasteiger partial charge in [0.2, 0.25) is 0 Å². The molecule has 19 nitrogen and oxygen atoms in total. The molecule has 374 valence electrons. The van der Waals surface area contributed by atoms with E-state index in [2.05, 4.69) is 16.9 Å². The minimum Gasteiger partial charge on any atom is -0.759 e. The Labute approximate surface area is 407 Å². The van der Waals surface area contributed by atoms with Crippen molar-refractivity contribution < 1.29 is 86.6 Å². The maximum Gasteiger partial charge on any atom is 0.197 e. The first-order valence-electron chi connectivity index (χ1n) is 24.0. The van der Waals surface area contributed by atoms with Crippen LogP contribution >= 0.6 is 0 Å². The van der Waals surface area contributed by atoms with Crippen molar-refractivity contribution in [1.82, 2.24) is 4.90 Å². The van der Waals surface area contributed by atoms with Gasteiger partial charge in [-0.05, 0) is 98.5 Å². The molecule has 20 heteroatoms. The Bertz CT molecular complexity index is 3100. The number of ether oxygens (including phenoxy) is 3. The van der Waals surface area contributed by atoms with Gasteiger partial charge in [0.25, 0.3) is 0 Å². The highest BCUT2D eigenvalue weighted by atomic mass is 32.3. The van der Waals surface area contributed by atoms with Gasteiger partial charge in [-0.15, -0.1) is 0 Å². The van der Waals surface area contributed by atoms with Gasteiger partial charge in [-0.1, -0.05) is 18.2 Å². The van der Waals surface area contributed by atoms with Gasteiger partial charge >= 0.3 is 0 Å². The molecule has 6 heterocycles. The maximum absolute atomic E-state index is 12.5. The van der Waals surface area contributed by atoms with Crippen molar-refractivity contribution in [3.05, 3.63) is 94.1 Å². The normalized spacial score (nSPS) is 39.8. The highest BCUT2D eigenvalue weighted by Gasteiger charge is 2.75. The summed E-state index contributed by atoms with van der Waals surface area (Å²) in [6.07, 6.45) is 11.7. The van der Waals surface area contributed by atoms with E-state index in [-0.39, 0.29) is 52.7 Å². The number of carbonyl (C=O) groups excluding carboxylic acids is 3. The van der Waals surface area contributed by atoms with Crippen LogP contribution in [0.3, 0.4) is 0 Å². The number of piperidine rings is 2. The van der Waals surface area contributed by atoms with Crippen LogP contribution in [0.4, 0.5) is 0 Å². The Morgan fingerprint density at radius 2 is 1.20 bits per heavy atom. The second kappa shape index (κ2) is 14.9. The molecular weight excluding hydrogens is 943 g/mol. The molecule has 2 saturated heterocycles. The summed E-state index contributed by atoms with van der Waals surface area (Å²) in [5, 5.41) is 65.3. The highest BCUT2D eigenvalue weighted by Crippen LogP contribution is 2.66. The molecule has 6 aliphatic heterocycles. The first kappa shape index (κ1) is 46.4. The van der Waals surface area contributed by atoms with E-state index in [0.29, 0.717) is 55.8 Å². The number of benzene rings is 3.